The average molecular weight is 365 g/mol. The maximum atomic E-state index is 13.1. The van der Waals surface area contributed by atoms with Gasteiger partial charge in [-0.1, -0.05) is 13.8 Å². The molecule has 2 aromatic heterocycles. The summed E-state index contributed by atoms with van der Waals surface area (Å²) in [7, 11) is -3.57. The second-order valence-electron chi connectivity index (χ2n) is 6.48. The monoisotopic (exact) mass is 365 g/mol. The molecule has 3 heterocycles. The minimum Gasteiger partial charge on any atom is -0.473 e. The van der Waals surface area contributed by atoms with Crippen molar-refractivity contribution < 1.29 is 13.2 Å². The van der Waals surface area contributed by atoms with Crippen LogP contribution in [0.5, 0.6) is 5.88 Å². The lowest BCUT2D eigenvalue weighted by Gasteiger charge is -2.31. The second kappa shape index (κ2) is 7.09. The Kier molecular flexibility index (Phi) is 5.05. The summed E-state index contributed by atoms with van der Waals surface area (Å²) in [4.78, 5) is 8.38. The van der Waals surface area contributed by atoms with Crippen molar-refractivity contribution in [1.29, 1.82) is 0 Å². The Morgan fingerprint density at radius 1 is 1.28 bits per heavy atom. The maximum Gasteiger partial charge on any atom is 0.246 e. The van der Waals surface area contributed by atoms with Crippen LogP contribution in [0.3, 0.4) is 0 Å². The molecule has 0 unspecified atom stereocenters. The Morgan fingerprint density at radius 3 is 2.60 bits per heavy atom. The molecular weight excluding hydrogens is 342 g/mol. The van der Waals surface area contributed by atoms with Crippen molar-refractivity contribution in [1.82, 2.24) is 24.5 Å². The molecule has 1 N–H and O–H groups in total. The number of ether oxygens (including phenoxy) is 1. The highest BCUT2D eigenvalue weighted by Gasteiger charge is 2.34. The lowest BCUT2D eigenvalue weighted by atomic mass is 10.1. The number of hydrogen-bond acceptors (Lipinski definition) is 6. The van der Waals surface area contributed by atoms with Crippen molar-refractivity contribution in [2.75, 3.05) is 13.1 Å². The summed E-state index contributed by atoms with van der Waals surface area (Å²) in [6, 6.07) is 0. The van der Waals surface area contributed by atoms with Crippen LogP contribution in [0.4, 0.5) is 0 Å². The molecule has 3 rings (SSSR count). The van der Waals surface area contributed by atoms with Gasteiger partial charge in [0.2, 0.25) is 15.9 Å². The molecule has 2 aromatic rings. The molecule has 1 saturated heterocycles. The molecule has 8 nitrogen and oxygen atoms in total. The highest BCUT2D eigenvalue weighted by atomic mass is 32.2. The van der Waals surface area contributed by atoms with Gasteiger partial charge < -0.3 is 4.74 Å². The van der Waals surface area contributed by atoms with Gasteiger partial charge in [0.25, 0.3) is 0 Å². The third kappa shape index (κ3) is 3.67. The zero-order valence-corrected chi connectivity index (χ0v) is 15.5. The predicted molar refractivity (Wildman–Crippen MR) is 91.9 cm³/mol. The van der Waals surface area contributed by atoms with Crippen molar-refractivity contribution in [2.45, 2.75) is 50.5 Å². The van der Waals surface area contributed by atoms with E-state index in [-0.39, 0.29) is 12.0 Å². The third-order valence-electron chi connectivity index (χ3n) is 4.29. The average Bonchev–Trinajstić information content (AvgIpc) is 2.99. The van der Waals surface area contributed by atoms with Gasteiger partial charge in [0.15, 0.2) is 0 Å². The standard InChI is InChI=1S/C16H23N5O3S/c1-11(2)15-16(12(3)19-20-15)25(22,23)21-8-4-13(5-9-21)24-14-10-17-6-7-18-14/h6-7,10-11,13H,4-5,8-9H2,1-3H3,(H,19,20). The molecule has 0 atom stereocenters. The number of piperidine rings is 1. The lowest BCUT2D eigenvalue weighted by molar-refractivity contribution is 0.129. The van der Waals surface area contributed by atoms with Crippen LogP contribution in [-0.4, -0.2) is 52.1 Å². The summed E-state index contributed by atoms with van der Waals surface area (Å²) < 4.78 is 33.4. The fourth-order valence-corrected chi connectivity index (χ4v) is 4.92. The molecule has 9 heteroatoms. The SMILES string of the molecule is Cc1[nH]nc(C(C)C)c1S(=O)(=O)N1CCC(Oc2cnccn2)CC1. The van der Waals surface area contributed by atoms with Crippen LogP contribution in [0.25, 0.3) is 0 Å². The first kappa shape index (κ1) is 17.8. The van der Waals surface area contributed by atoms with Crippen LogP contribution in [0.15, 0.2) is 23.5 Å². The Morgan fingerprint density at radius 2 is 2.00 bits per heavy atom. The number of nitrogens with zero attached hydrogens (tertiary/aromatic N) is 4. The Hall–Kier alpha value is -2.00. The zero-order chi connectivity index (χ0) is 18.0. The van der Waals surface area contributed by atoms with E-state index in [1.165, 1.54) is 4.31 Å². The molecule has 0 spiro atoms. The number of aromatic amines is 1. The molecule has 0 bridgehead atoms. The Bertz CT molecular complexity index is 812. The fraction of sp³-hybridized carbons (Fsp3) is 0.562. The molecule has 0 saturated carbocycles. The molecule has 1 aliphatic heterocycles. The molecule has 0 aromatic carbocycles. The quantitative estimate of drug-likeness (QED) is 0.868. The smallest absolute Gasteiger partial charge is 0.246 e. The van der Waals surface area contributed by atoms with Gasteiger partial charge >= 0.3 is 0 Å². The van der Waals surface area contributed by atoms with Crippen LogP contribution in [0.1, 0.15) is 44.0 Å². The van der Waals surface area contributed by atoms with Gasteiger partial charge in [-0.15, -0.1) is 0 Å². The Labute approximate surface area is 147 Å². The van der Waals surface area contributed by atoms with Crippen molar-refractivity contribution in [3.05, 3.63) is 30.0 Å². The normalized spacial score (nSPS) is 17.1. The summed E-state index contributed by atoms with van der Waals surface area (Å²) >= 11 is 0. The minimum absolute atomic E-state index is 0.0345. The van der Waals surface area contributed by atoms with Crippen LogP contribution >= 0.6 is 0 Å². The molecule has 1 fully saturated rings. The molecular formula is C16H23N5O3S. The van der Waals surface area contributed by atoms with Gasteiger partial charge in [-0.3, -0.25) is 10.1 Å². The van der Waals surface area contributed by atoms with Gasteiger partial charge in [-0.25, -0.2) is 13.4 Å². The zero-order valence-electron chi connectivity index (χ0n) is 14.6. The summed E-state index contributed by atoms with van der Waals surface area (Å²) in [5, 5.41) is 6.99. The predicted octanol–water partition coefficient (Wildman–Crippen LogP) is 1.86. The van der Waals surface area contributed by atoms with Crippen molar-refractivity contribution >= 4 is 10.0 Å². The molecule has 0 radical (unpaired) electrons. The van der Waals surface area contributed by atoms with Crippen molar-refractivity contribution in [3.8, 4) is 5.88 Å². The molecule has 0 amide bonds. The summed E-state index contributed by atoms with van der Waals surface area (Å²) in [5.74, 6) is 0.504. The number of aryl methyl sites for hydroxylation is 1. The van der Waals surface area contributed by atoms with Crippen LogP contribution in [-0.2, 0) is 10.0 Å². The van der Waals surface area contributed by atoms with E-state index in [0.717, 1.165) is 0 Å². The molecule has 1 aliphatic rings. The van der Waals surface area contributed by atoms with E-state index in [1.54, 1.807) is 25.5 Å². The van der Waals surface area contributed by atoms with Gasteiger partial charge in [-0.2, -0.15) is 9.40 Å². The third-order valence-corrected chi connectivity index (χ3v) is 6.37. The number of aromatic nitrogens is 4. The van der Waals surface area contributed by atoms with Crippen LogP contribution < -0.4 is 4.74 Å². The number of hydrogen-bond donors (Lipinski definition) is 1. The van der Waals surface area contributed by atoms with E-state index in [0.29, 0.717) is 48.1 Å². The molecule has 25 heavy (non-hydrogen) atoms. The summed E-state index contributed by atoms with van der Waals surface area (Å²) in [6.07, 6.45) is 5.89. The maximum absolute atomic E-state index is 13.1. The lowest BCUT2D eigenvalue weighted by Crippen LogP contribution is -2.42. The summed E-state index contributed by atoms with van der Waals surface area (Å²) in [5.41, 5.74) is 1.18. The number of rotatable bonds is 5. The van der Waals surface area contributed by atoms with E-state index in [2.05, 4.69) is 20.2 Å². The van der Waals surface area contributed by atoms with E-state index in [1.807, 2.05) is 13.8 Å². The van der Waals surface area contributed by atoms with Crippen LogP contribution in [0, 0.1) is 6.92 Å². The van der Waals surface area contributed by atoms with Gasteiger partial charge in [0.05, 0.1) is 17.6 Å². The van der Waals surface area contributed by atoms with Crippen LogP contribution in [0.2, 0.25) is 0 Å². The van der Waals surface area contributed by atoms with Gasteiger partial charge in [0, 0.05) is 25.5 Å². The number of nitrogens with one attached hydrogen (secondary N) is 1. The van der Waals surface area contributed by atoms with Gasteiger partial charge in [0.1, 0.15) is 11.0 Å². The highest BCUT2D eigenvalue weighted by molar-refractivity contribution is 7.89. The van der Waals surface area contributed by atoms with E-state index in [4.69, 9.17) is 4.74 Å². The van der Waals surface area contributed by atoms with Crippen molar-refractivity contribution in [2.24, 2.45) is 0 Å². The number of H-pyrrole nitrogens is 1. The van der Waals surface area contributed by atoms with Gasteiger partial charge in [-0.05, 0) is 25.7 Å². The first-order valence-electron chi connectivity index (χ1n) is 8.37. The first-order valence-corrected chi connectivity index (χ1v) is 9.81. The fourth-order valence-electron chi connectivity index (χ4n) is 2.99. The molecule has 136 valence electrons. The minimum atomic E-state index is -3.57. The van der Waals surface area contributed by atoms with E-state index >= 15 is 0 Å². The number of sulfonamides is 1. The highest BCUT2D eigenvalue weighted by Crippen LogP contribution is 2.29. The topological polar surface area (TPSA) is 101 Å². The largest absolute Gasteiger partial charge is 0.473 e. The van der Waals surface area contributed by atoms with E-state index in [9.17, 15) is 8.42 Å². The molecule has 0 aliphatic carbocycles. The van der Waals surface area contributed by atoms with E-state index < -0.39 is 10.0 Å². The Balaban J connectivity index is 1.71. The second-order valence-corrected chi connectivity index (χ2v) is 8.36. The first-order chi connectivity index (χ1) is 11.9. The van der Waals surface area contributed by atoms with Crippen molar-refractivity contribution in [3.63, 3.8) is 0 Å². The summed E-state index contributed by atoms with van der Waals surface area (Å²) in [6.45, 7) is 6.45.